The largest absolute Gasteiger partial charge is 0.383 e. The highest BCUT2D eigenvalue weighted by atomic mass is 15.2. The van der Waals surface area contributed by atoms with Crippen LogP contribution in [-0.4, -0.2) is 23.6 Å². The topological polar surface area (TPSA) is 55.0 Å². The minimum atomic E-state index is 0.568. The molecule has 0 radical (unpaired) electrons. The molecule has 1 aromatic rings. The van der Waals surface area contributed by atoms with Crippen LogP contribution in [-0.2, 0) is 0 Å². The van der Waals surface area contributed by atoms with Crippen LogP contribution in [0.2, 0.25) is 0 Å². The van der Waals surface area contributed by atoms with Crippen LogP contribution in [0.3, 0.4) is 0 Å². The molecule has 0 fully saturated rings. The summed E-state index contributed by atoms with van der Waals surface area (Å²) in [4.78, 5) is 10.5. The van der Waals surface area contributed by atoms with Crippen molar-refractivity contribution in [2.45, 2.75) is 26.7 Å². The second kappa shape index (κ2) is 4.79. The number of anilines is 2. The Morgan fingerprint density at radius 3 is 2.79 bits per heavy atom. The van der Waals surface area contributed by atoms with Crippen molar-refractivity contribution < 1.29 is 0 Å². The van der Waals surface area contributed by atoms with Crippen LogP contribution in [0, 0.1) is 6.92 Å². The Labute approximate surface area is 85.2 Å². The normalized spacial score (nSPS) is 10.2. The van der Waals surface area contributed by atoms with E-state index in [2.05, 4.69) is 16.9 Å². The first-order valence-electron chi connectivity index (χ1n) is 4.95. The second-order valence-electron chi connectivity index (χ2n) is 3.51. The lowest BCUT2D eigenvalue weighted by Crippen LogP contribution is -2.21. The first-order valence-corrected chi connectivity index (χ1v) is 4.95. The minimum Gasteiger partial charge on any atom is -0.383 e. The Morgan fingerprint density at radius 2 is 2.21 bits per heavy atom. The molecular formula is C10H18N4. The third-order valence-electron chi connectivity index (χ3n) is 2.19. The average Bonchev–Trinajstić information content (AvgIpc) is 2.18. The van der Waals surface area contributed by atoms with Crippen LogP contribution in [0.4, 0.5) is 11.8 Å². The van der Waals surface area contributed by atoms with Gasteiger partial charge in [-0.15, -0.1) is 0 Å². The van der Waals surface area contributed by atoms with Crippen LogP contribution in [0.5, 0.6) is 0 Å². The van der Waals surface area contributed by atoms with Gasteiger partial charge in [0.05, 0.1) is 0 Å². The highest BCUT2D eigenvalue weighted by Gasteiger charge is 2.04. The second-order valence-corrected chi connectivity index (χ2v) is 3.51. The quantitative estimate of drug-likeness (QED) is 0.791. The smallest absolute Gasteiger partial charge is 0.227 e. The van der Waals surface area contributed by atoms with Gasteiger partial charge in [-0.25, -0.2) is 4.98 Å². The fourth-order valence-electron chi connectivity index (χ4n) is 1.12. The summed E-state index contributed by atoms with van der Waals surface area (Å²) in [5, 5.41) is 0. The summed E-state index contributed by atoms with van der Waals surface area (Å²) in [6.07, 6.45) is 4.08. The lowest BCUT2D eigenvalue weighted by Gasteiger charge is -2.16. The molecule has 0 spiro atoms. The zero-order valence-corrected chi connectivity index (χ0v) is 9.12. The highest BCUT2D eigenvalue weighted by Crippen LogP contribution is 2.11. The van der Waals surface area contributed by atoms with Gasteiger partial charge in [0.15, 0.2) is 0 Å². The molecule has 14 heavy (non-hydrogen) atoms. The highest BCUT2D eigenvalue weighted by molar-refractivity contribution is 5.42. The van der Waals surface area contributed by atoms with Gasteiger partial charge in [-0.1, -0.05) is 13.3 Å². The number of hydrogen-bond acceptors (Lipinski definition) is 4. The molecule has 0 aromatic carbocycles. The van der Waals surface area contributed by atoms with Crippen LogP contribution in [0.15, 0.2) is 6.20 Å². The molecule has 0 amide bonds. The van der Waals surface area contributed by atoms with Crippen molar-refractivity contribution in [2.24, 2.45) is 0 Å². The average molecular weight is 194 g/mol. The fourth-order valence-corrected chi connectivity index (χ4v) is 1.12. The SMILES string of the molecule is CCCCN(C)c1ncc(C)c(N)n1. The Bertz CT molecular complexity index is 298. The predicted octanol–water partition coefficient (Wildman–Crippen LogP) is 1.60. The lowest BCUT2D eigenvalue weighted by molar-refractivity contribution is 0.750. The van der Waals surface area contributed by atoms with Gasteiger partial charge in [0.1, 0.15) is 5.82 Å². The van der Waals surface area contributed by atoms with Gasteiger partial charge in [0, 0.05) is 25.4 Å². The fraction of sp³-hybridized carbons (Fsp3) is 0.600. The van der Waals surface area contributed by atoms with E-state index < -0.39 is 0 Å². The summed E-state index contributed by atoms with van der Waals surface area (Å²) in [7, 11) is 1.99. The van der Waals surface area contributed by atoms with Gasteiger partial charge in [-0.05, 0) is 13.3 Å². The molecule has 0 aliphatic heterocycles. The first-order chi connectivity index (χ1) is 6.65. The summed E-state index contributed by atoms with van der Waals surface area (Å²) in [6.45, 7) is 5.04. The number of nitrogen functional groups attached to an aromatic ring is 1. The predicted molar refractivity (Wildman–Crippen MR) is 59.4 cm³/mol. The molecule has 78 valence electrons. The summed E-state index contributed by atoms with van der Waals surface area (Å²) in [6, 6.07) is 0. The van der Waals surface area contributed by atoms with E-state index in [1.54, 1.807) is 6.20 Å². The summed E-state index contributed by atoms with van der Waals surface area (Å²) < 4.78 is 0. The van der Waals surface area contributed by atoms with E-state index in [9.17, 15) is 0 Å². The maximum absolute atomic E-state index is 5.71. The third-order valence-corrected chi connectivity index (χ3v) is 2.19. The molecule has 2 N–H and O–H groups in total. The Balaban J connectivity index is 2.70. The lowest BCUT2D eigenvalue weighted by atomic mass is 10.3. The molecule has 4 nitrogen and oxygen atoms in total. The van der Waals surface area contributed by atoms with Crippen LogP contribution in [0.1, 0.15) is 25.3 Å². The maximum atomic E-state index is 5.71. The Hall–Kier alpha value is -1.32. The molecule has 1 aromatic heterocycles. The van der Waals surface area contributed by atoms with Crippen molar-refractivity contribution in [2.75, 3.05) is 24.2 Å². The van der Waals surface area contributed by atoms with Gasteiger partial charge in [0.2, 0.25) is 5.95 Å². The summed E-state index contributed by atoms with van der Waals surface area (Å²) in [5.74, 6) is 1.28. The van der Waals surface area contributed by atoms with Crippen LogP contribution in [0.25, 0.3) is 0 Å². The number of aryl methyl sites for hydroxylation is 1. The van der Waals surface area contributed by atoms with Crippen molar-refractivity contribution in [3.8, 4) is 0 Å². The van der Waals surface area contributed by atoms with Crippen LogP contribution >= 0.6 is 0 Å². The van der Waals surface area contributed by atoms with Gasteiger partial charge in [0.25, 0.3) is 0 Å². The van der Waals surface area contributed by atoms with E-state index in [0.717, 1.165) is 18.5 Å². The van der Waals surface area contributed by atoms with Crippen molar-refractivity contribution >= 4 is 11.8 Å². The van der Waals surface area contributed by atoms with Crippen LogP contribution < -0.4 is 10.6 Å². The molecule has 1 heterocycles. The molecule has 0 aliphatic carbocycles. The Kier molecular flexibility index (Phi) is 3.68. The van der Waals surface area contributed by atoms with Gasteiger partial charge < -0.3 is 10.6 Å². The standard InChI is InChI=1S/C10H18N4/c1-4-5-6-14(3)10-12-7-8(2)9(11)13-10/h7H,4-6H2,1-3H3,(H2,11,12,13). The summed E-state index contributed by atoms with van der Waals surface area (Å²) >= 11 is 0. The van der Waals surface area contributed by atoms with E-state index in [1.807, 2.05) is 18.9 Å². The zero-order valence-electron chi connectivity index (χ0n) is 9.12. The van der Waals surface area contributed by atoms with Gasteiger partial charge in [-0.2, -0.15) is 4.98 Å². The number of nitrogens with zero attached hydrogens (tertiary/aromatic N) is 3. The van der Waals surface area contributed by atoms with Crippen molar-refractivity contribution in [3.63, 3.8) is 0 Å². The zero-order chi connectivity index (χ0) is 10.6. The summed E-state index contributed by atoms with van der Waals surface area (Å²) in [5.41, 5.74) is 6.64. The number of aromatic nitrogens is 2. The molecule has 1 rings (SSSR count). The molecule has 0 saturated carbocycles. The number of hydrogen-bond donors (Lipinski definition) is 1. The first kappa shape index (κ1) is 10.8. The van der Waals surface area contributed by atoms with Crippen molar-refractivity contribution in [3.05, 3.63) is 11.8 Å². The van der Waals surface area contributed by atoms with Crippen molar-refractivity contribution in [1.29, 1.82) is 0 Å². The molecule has 4 heteroatoms. The van der Waals surface area contributed by atoms with Gasteiger partial charge in [-0.3, -0.25) is 0 Å². The molecule has 0 unspecified atom stereocenters. The number of unbranched alkanes of at least 4 members (excludes halogenated alkanes) is 1. The molecule has 0 aliphatic rings. The Morgan fingerprint density at radius 1 is 1.50 bits per heavy atom. The molecule has 0 bridgehead atoms. The maximum Gasteiger partial charge on any atom is 0.227 e. The minimum absolute atomic E-state index is 0.568. The van der Waals surface area contributed by atoms with Crippen molar-refractivity contribution in [1.82, 2.24) is 9.97 Å². The van der Waals surface area contributed by atoms with E-state index >= 15 is 0 Å². The molecular weight excluding hydrogens is 176 g/mol. The van der Waals surface area contributed by atoms with E-state index in [4.69, 9.17) is 5.73 Å². The van der Waals surface area contributed by atoms with E-state index in [1.165, 1.54) is 6.42 Å². The number of rotatable bonds is 4. The van der Waals surface area contributed by atoms with E-state index in [0.29, 0.717) is 11.8 Å². The van der Waals surface area contributed by atoms with Gasteiger partial charge >= 0.3 is 0 Å². The monoisotopic (exact) mass is 194 g/mol. The third kappa shape index (κ3) is 2.58. The number of nitrogens with two attached hydrogens (primary N) is 1. The molecule has 0 atom stereocenters. The molecule has 0 saturated heterocycles. The van der Waals surface area contributed by atoms with E-state index in [-0.39, 0.29) is 0 Å².